The van der Waals surface area contributed by atoms with Gasteiger partial charge < -0.3 is 19.3 Å². The molecule has 3 unspecified atom stereocenters. The molecule has 0 spiro atoms. The van der Waals surface area contributed by atoms with Crippen molar-refractivity contribution in [1.29, 1.82) is 0 Å². The fourth-order valence-electron chi connectivity index (χ4n) is 5.46. The van der Waals surface area contributed by atoms with E-state index in [1.165, 1.54) is 4.90 Å². The van der Waals surface area contributed by atoms with Crippen molar-refractivity contribution >= 4 is 23.8 Å². The first-order valence-corrected chi connectivity index (χ1v) is 12.8. The lowest BCUT2D eigenvalue weighted by Gasteiger charge is -2.29. The smallest absolute Gasteiger partial charge is 0.410 e. The number of benzene rings is 1. The highest BCUT2D eigenvalue weighted by molar-refractivity contribution is 6.05. The second kappa shape index (κ2) is 9.74. The normalized spacial score (nSPS) is 23.4. The maximum atomic E-state index is 13.3. The molecule has 0 radical (unpaired) electrons. The highest BCUT2D eigenvalue weighted by atomic mass is 16.6. The summed E-state index contributed by atoms with van der Waals surface area (Å²) in [5.74, 6) is -0.504. The first-order chi connectivity index (χ1) is 18.0. The molecule has 1 aromatic heterocycles. The van der Waals surface area contributed by atoms with Gasteiger partial charge in [0, 0.05) is 42.8 Å². The Hall–Kier alpha value is -3.95. The summed E-state index contributed by atoms with van der Waals surface area (Å²) in [6.07, 6.45) is 0.730. The van der Waals surface area contributed by atoms with Crippen LogP contribution in [0.25, 0.3) is 0 Å². The maximum absolute atomic E-state index is 13.3. The minimum absolute atomic E-state index is 0.0301. The van der Waals surface area contributed by atoms with E-state index in [9.17, 15) is 19.2 Å². The molecule has 4 amide bonds. The number of hydrogen-bond acceptors (Lipinski definition) is 7. The van der Waals surface area contributed by atoms with E-state index in [-0.39, 0.29) is 36.7 Å². The number of nitrogens with one attached hydrogen (secondary N) is 1. The molecular weight excluding hydrogens is 488 g/mol. The highest BCUT2D eigenvalue weighted by Crippen LogP contribution is 2.42. The summed E-state index contributed by atoms with van der Waals surface area (Å²) in [5, 5.41) is 2.33. The molecule has 1 aromatic carbocycles. The zero-order chi connectivity index (χ0) is 27.2. The summed E-state index contributed by atoms with van der Waals surface area (Å²) in [6.45, 7) is 6.21. The molecule has 0 saturated carbocycles. The minimum Gasteiger partial charge on any atom is -0.481 e. The summed E-state index contributed by atoms with van der Waals surface area (Å²) in [6, 6.07) is 10.2. The molecule has 0 aliphatic carbocycles. The molecule has 200 valence electrons. The zero-order valence-electron chi connectivity index (χ0n) is 22.0. The quantitative estimate of drug-likeness (QED) is 0.615. The minimum atomic E-state index is -0.677. The van der Waals surface area contributed by atoms with Crippen molar-refractivity contribution in [1.82, 2.24) is 20.1 Å². The monoisotopic (exact) mass is 520 g/mol. The molecule has 4 heterocycles. The standard InChI is InChI=1S/C28H32N4O6/c1-28(2,3)38-27(36)32-15-18(20-6-5-7-24(29-20)37-4)13-22(32)16-8-9-19-17(12-16)14-31(26(19)35)21-10-11-23(33)30-25(21)34/h5-9,12,18,21-22H,10-11,13-15H2,1-4H3,(H,30,33,34). The Bertz CT molecular complexity index is 1300. The number of fused-ring (bicyclic) bond motifs is 1. The Balaban J connectivity index is 1.43. The largest absolute Gasteiger partial charge is 0.481 e. The number of imide groups is 1. The van der Waals surface area contributed by atoms with E-state index in [2.05, 4.69) is 10.3 Å². The molecule has 2 aromatic rings. The van der Waals surface area contributed by atoms with Gasteiger partial charge in [-0.2, -0.15) is 0 Å². The van der Waals surface area contributed by atoms with Crippen LogP contribution in [-0.2, 0) is 20.9 Å². The third-order valence-corrected chi connectivity index (χ3v) is 7.23. The lowest BCUT2D eigenvalue weighted by atomic mass is 9.95. The van der Waals surface area contributed by atoms with Gasteiger partial charge in [-0.3, -0.25) is 19.7 Å². The molecule has 3 aliphatic rings. The van der Waals surface area contributed by atoms with Gasteiger partial charge in [0.1, 0.15) is 11.6 Å². The molecule has 3 atom stereocenters. The van der Waals surface area contributed by atoms with Crippen LogP contribution >= 0.6 is 0 Å². The van der Waals surface area contributed by atoms with E-state index in [4.69, 9.17) is 9.47 Å². The van der Waals surface area contributed by atoms with Gasteiger partial charge in [0.25, 0.3) is 5.91 Å². The van der Waals surface area contributed by atoms with E-state index in [1.54, 1.807) is 24.1 Å². The van der Waals surface area contributed by atoms with E-state index in [0.717, 1.165) is 16.8 Å². The van der Waals surface area contributed by atoms with Gasteiger partial charge in [0.15, 0.2) is 0 Å². The van der Waals surface area contributed by atoms with Crippen molar-refractivity contribution in [2.24, 2.45) is 0 Å². The van der Waals surface area contributed by atoms with Crippen LogP contribution in [0.2, 0.25) is 0 Å². The number of piperidine rings is 1. The van der Waals surface area contributed by atoms with Gasteiger partial charge in [-0.25, -0.2) is 9.78 Å². The molecule has 1 N–H and O–H groups in total. The van der Waals surface area contributed by atoms with Crippen molar-refractivity contribution < 1.29 is 28.7 Å². The highest BCUT2D eigenvalue weighted by Gasteiger charge is 2.42. The molecule has 10 heteroatoms. The number of nitrogens with zero attached hydrogens (tertiary/aromatic N) is 3. The van der Waals surface area contributed by atoms with E-state index in [0.29, 0.717) is 30.8 Å². The number of hydrogen-bond donors (Lipinski definition) is 1. The number of amides is 4. The number of carbonyl (C=O) groups excluding carboxylic acids is 4. The van der Waals surface area contributed by atoms with Crippen molar-refractivity contribution in [3.63, 3.8) is 0 Å². The predicted octanol–water partition coefficient (Wildman–Crippen LogP) is 3.32. The first kappa shape index (κ1) is 25.7. The van der Waals surface area contributed by atoms with Crippen LogP contribution in [0, 0.1) is 0 Å². The fourth-order valence-corrected chi connectivity index (χ4v) is 5.46. The van der Waals surface area contributed by atoms with Crippen LogP contribution in [0.4, 0.5) is 4.79 Å². The third kappa shape index (κ3) is 4.94. The predicted molar refractivity (Wildman–Crippen MR) is 136 cm³/mol. The Morgan fingerprint density at radius 1 is 1.11 bits per heavy atom. The van der Waals surface area contributed by atoms with Crippen molar-refractivity contribution in [3.05, 3.63) is 58.8 Å². The lowest BCUT2D eigenvalue weighted by Crippen LogP contribution is -2.52. The molecule has 0 bridgehead atoms. The summed E-state index contributed by atoms with van der Waals surface area (Å²) in [7, 11) is 1.57. The van der Waals surface area contributed by atoms with Crippen molar-refractivity contribution in [3.8, 4) is 5.88 Å². The summed E-state index contributed by atoms with van der Waals surface area (Å²) >= 11 is 0. The number of rotatable bonds is 4. The Kier molecular flexibility index (Phi) is 6.58. The Morgan fingerprint density at radius 3 is 2.61 bits per heavy atom. The molecule has 10 nitrogen and oxygen atoms in total. The fraction of sp³-hybridized carbons (Fsp3) is 0.464. The second-order valence-electron chi connectivity index (χ2n) is 11.0. The molecule has 5 rings (SSSR count). The van der Waals surface area contributed by atoms with Gasteiger partial charge in [0.05, 0.1) is 13.2 Å². The van der Waals surface area contributed by atoms with Crippen LogP contribution < -0.4 is 10.1 Å². The van der Waals surface area contributed by atoms with Crippen LogP contribution in [-0.4, -0.2) is 63.9 Å². The lowest BCUT2D eigenvalue weighted by molar-refractivity contribution is -0.136. The van der Waals surface area contributed by atoms with Gasteiger partial charge >= 0.3 is 6.09 Å². The Morgan fingerprint density at radius 2 is 1.89 bits per heavy atom. The topological polar surface area (TPSA) is 118 Å². The van der Waals surface area contributed by atoms with Gasteiger partial charge in [0.2, 0.25) is 17.7 Å². The number of pyridine rings is 1. The summed E-state index contributed by atoms with van der Waals surface area (Å²) in [5.41, 5.74) is 2.40. The Labute approximate surface area is 221 Å². The summed E-state index contributed by atoms with van der Waals surface area (Å²) < 4.78 is 11.0. The molecule has 3 aliphatic heterocycles. The van der Waals surface area contributed by atoms with Crippen LogP contribution in [0.15, 0.2) is 36.4 Å². The average molecular weight is 521 g/mol. The van der Waals surface area contributed by atoms with E-state index >= 15 is 0 Å². The second-order valence-corrected chi connectivity index (χ2v) is 11.0. The summed E-state index contributed by atoms with van der Waals surface area (Å²) in [4.78, 5) is 58.3. The van der Waals surface area contributed by atoms with E-state index in [1.807, 2.05) is 45.0 Å². The number of aromatic nitrogens is 1. The number of methoxy groups -OCH3 is 1. The van der Waals surface area contributed by atoms with Crippen molar-refractivity contribution in [2.75, 3.05) is 13.7 Å². The molecule has 38 heavy (non-hydrogen) atoms. The third-order valence-electron chi connectivity index (χ3n) is 7.23. The molecular formula is C28H32N4O6. The maximum Gasteiger partial charge on any atom is 0.410 e. The van der Waals surface area contributed by atoms with Crippen molar-refractivity contribution in [2.45, 2.75) is 70.2 Å². The first-order valence-electron chi connectivity index (χ1n) is 12.8. The number of carbonyl (C=O) groups is 4. The van der Waals surface area contributed by atoms with Crippen LogP contribution in [0.1, 0.15) is 79.2 Å². The van der Waals surface area contributed by atoms with Gasteiger partial charge in [-0.15, -0.1) is 0 Å². The molecule has 2 saturated heterocycles. The van der Waals surface area contributed by atoms with Crippen LogP contribution in [0.5, 0.6) is 5.88 Å². The average Bonchev–Trinajstić information content (AvgIpc) is 3.45. The van der Waals surface area contributed by atoms with E-state index < -0.39 is 23.6 Å². The van der Waals surface area contributed by atoms with Gasteiger partial charge in [-0.05, 0) is 56.9 Å². The van der Waals surface area contributed by atoms with Crippen LogP contribution in [0.3, 0.4) is 0 Å². The number of likely N-dealkylation sites (tertiary alicyclic amines) is 1. The zero-order valence-corrected chi connectivity index (χ0v) is 22.0. The molecule has 2 fully saturated rings. The number of ether oxygens (including phenoxy) is 2. The SMILES string of the molecule is COc1cccc(C2CC(c3ccc4c(c3)CN(C3CCC(=O)NC3=O)C4=O)N(C(=O)OC(C)(C)C)C2)n1. The van der Waals surface area contributed by atoms with Gasteiger partial charge in [-0.1, -0.05) is 18.2 Å².